The van der Waals surface area contributed by atoms with Gasteiger partial charge in [0.15, 0.2) is 0 Å². The number of likely N-dealkylation sites (N-methyl/N-ethyl adjacent to an activating group) is 1. The van der Waals surface area contributed by atoms with Gasteiger partial charge in [0.2, 0.25) is 0 Å². The van der Waals surface area contributed by atoms with Gasteiger partial charge in [0.1, 0.15) is 18.0 Å². The average Bonchev–Trinajstić information content (AvgIpc) is 3.30. The number of likely N-dealkylation sites (tertiary alicyclic amines) is 1. The molecule has 5 saturated carbocycles. The molecule has 2 saturated heterocycles. The summed E-state index contributed by atoms with van der Waals surface area (Å²) in [4.78, 5) is 2.59. The zero-order valence-corrected chi connectivity index (χ0v) is 19.1. The topological polar surface area (TPSA) is 80.6 Å². The molecule has 0 radical (unpaired) electrons. The molecule has 31 heavy (non-hydrogen) atoms. The van der Waals surface area contributed by atoms with E-state index in [1.165, 1.54) is 0 Å². The van der Waals surface area contributed by atoms with Crippen LogP contribution in [0.5, 0.6) is 0 Å². The molecular formula is C24H37NO6. The van der Waals surface area contributed by atoms with Crippen molar-refractivity contribution in [3.63, 3.8) is 0 Å². The number of nitrogens with zero attached hydrogens (tertiary/aromatic N) is 1. The first-order valence-electron chi connectivity index (χ1n) is 12.3. The Hall–Kier alpha value is -0.280. The van der Waals surface area contributed by atoms with Gasteiger partial charge in [-0.2, -0.15) is 0 Å². The third kappa shape index (κ3) is 1.74. The summed E-state index contributed by atoms with van der Waals surface area (Å²) in [5, 5.41) is 24.0. The van der Waals surface area contributed by atoms with Crippen LogP contribution in [0, 0.1) is 34.5 Å². The Morgan fingerprint density at radius 2 is 1.97 bits per heavy atom. The Morgan fingerprint density at radius 1 is 1.16 bits per heavy atom. The summed E-state index contributed by atoms with van der Waals surface area (Å²) >= 11 is 0. The molecule has 3 spiro atoms. The maximum Gasteiger partial charge on any atom is 0.148 e. The van der Waals surface area contributed by atoms with E-state index in [1.54, 1.807) is 7.11 Å². The van der Waals surface area contributed by atoms with E-state index in [0.29, 0.717) is 6.42 Å². The van der Waals surface area contributed by atoms with Crippen LogP contribution in [0.15, 0.2) is 0 Å². The molecule has 0 aromatic carbocycles. The van der Waals surface area contributed by atoms with E-state index in [0.717, 1.165) is 32.4 Å². The Labute approximate surface area is 184 Å². The minimum atomic E-state index is -0.846. The summed E-state index contributed by atoms with van der Waals surface area (Å²) in [6.07, 6.45) is 2.51. The summed E-state index contributed by atoms with van der Waals surface area (Å²) < 4.78 is 25.5. The van der Waals surface area contributed by atoms with Crippen LogP contribution in [0.2, 0.25) is 0 Å². The third-order valence-electron chi connectivity index (χ3n) is 11.6. The molecule has 0 unspecified atom stereocenters. The monoisotopic (exact) mass is 435 g/mol. The van der Waals surface area contributed by atoms with Crippen molar-refractivity contribution in [3.8, 4) is 0 Å². The van der Waals surface area contributed by atoms with Crippen LogP contribution in [0.1, 0.15) is 39.5 Å². The number of rotatable bonds is 3. The average molecular weight is 436 g/mol. The lowest BCUT2D eigenvalue weighted by atomic mass is 9.43. The molecule has 2 aliphatic heterocycles. The smallest absolute Gasteiger partial charge is 0.148 e. The highest BCUT2D eigenvalue weighted by atomic mass is 16.7. The normalized spacial score (nSPS) is 65.8. The molecule has 7 bridgehead atoms. The Balaban J connectivity index is 1.57. The van der Waals surface area contributed by atoms with Gasteiger partial charge in [-0.15, -0.1) is 0 Å². The molecule has 7 fully saturated rings. The second-order valence-electron chi connectivity index (χ2n) is 11.9. The number of aliphatic hydroxyl groups is 2. The van der Waals surface area contributed by atoms with Crippen molar-refractivity contribution >= 4 is 0 Å². The minimum Gasteiger partial charge on any atom is -0.392 e. The van der Waals surface area contributed by atoms with Crippen molar-refractivity contribution in [2.24, 2.45) is 34.5 Å². The first kappa shape index (κ1) is 20.1. The predicted octanol–water partition coefficient (Wildman–Crippen LogP) is 1.01. The number of hydrogen-bond donors (Lipinski definition) is 2. The molecule has 7 heteroatoms. The van der Waals surface area contributed by atoms with E-state index in [2.05, 4.69) is 18.7 Å². The van der Waals surface area contributed by atoms with Crippen LogP contribution in [0.3, 0.4) is 0 Å². The largest absolute Gasteiger partial charge is 0.392 e. The zero-order chi connectivity index (χ0) is 21.6. The Bertz CT molecular complexity index is 811. The third-order valence-corrected chi connectivity index (χ3v) is 11.6. The van der Waals surface area contributed by atoms with Crippen molar-refractivity contribution in [1.29, 1.82) is 0 Å². The predicted molar refractivity (Wildman–Crippen MR) is 110 cm³/mol. The first-order valence-corrected chi connectivity index (χ1v) is 12.3. The van der Waals surface area contributed by atoms with Crippen molar-refractivity contribution in [2.45, 2.75) is 81.2 Å². The van der Waals surface area contributed by atoms with Crippen LogP contribution >= 0.6 is 0 Å². The van der Waals surface area contributed by atoms with Gasteiger partial charge in [-0.25, -0.2) is 0 Å². The highest BCUT2D eigenvalue weighted by molar-refractivity contribution is 5.42. The standard InChI is InChI=1S/C24H37NO6/c1-5-25-10-21(2)7-6-15(29-4)23-13-8-12-14(28-3)9-22(16(13)17(12)26)24(20(23)25,31-11-30-22)19(27)18(21)23/h12-20,26-27H,5-11H2,1-4H3/t12-,13-,14+,15+,16-,17+,18-,19+,20+,21+,22-,23+,24-/m1/s1. The quantitative estimate of drug-likeness (QED) is 0.685. The van der Waals surface area contributed by atoms with Crippen LogP contribution < -0.4 is 0 Å². The Kier molecular flexibility index (Phi) is 3.80. The van der Waals surface area contributed by atoms with E-state index in [-0.39, 0.29) is 59.5 Å². The van der Waals surface area contributed by atoms with Crippen LogP contribution in [-0.4, -0.2) is 90.9 Å². The van der Waals surface area contributed by atoms with E-state index in [4.69, 9.17) is 18.9 Å². The first-order chi connectivity index (χ1) is 14.9. The van der Waals surface area contributed by atoms with Gasteiger partial charge >= 0.3 is 0 Å². The molecular weight excluding hydrogens is 398 g/mol. The van der Waals surface area contributed by atoms with Crippen LogP contribution in [-0.2, 0) is 18.9 Å². The second-order valence-corrected chi connectivity index (χ2v) is 11.9. The molecule has 13 atom stereocenters. The zero-order valence-electron chi connectivity index (χ0n) is 19.1. The van der Waals surface area contributed by atoms with Crippen molar-refractivity contribution < 1.29 is 29.2 Å². The number of methoxy groups -OCH3 is 2. The molecule has 5 aliphatic carbocycles. The van der Waals surface area contributed by atoms with Crippen LogP contribution in [0.25, 0.3) is 0 Å². The van der Waals surface area contributed by atoms with Gasteiger partial charge in [0.25, 0.3) is 0 Å². The molecule has 0 amide bonds. The second kappa shape index (κ2) is 5.85. The highest BCUT2D eigenvalue weighted by Crippen LogP contribution is 2.82. The summed E-state index contributed by atoms with van der Waals surface area (Å²) in [6, 6.07) is 0.0358. The minimum absolute atomic E-state index is 0.0000689. The fourth-order valence-electron chi connectivity index (χ4n) is 11.2. The maximum absolute atomic E-state index is 12.3. The van der Waals surface area contributed by atoms with Crippen LogP contribution in [0.4, 0.5) is 0 Å². The van der Waals surface area contributed by atoms with Crippen molar-refractivity contribution in [3.05, 3.63) is 0 Å². The lowest BCUT2D eigenvalue weighted by Gasteiger charge is -2.69. The fourth-order valence-corrected chi connectivity index (χ4v) is 11.2. The lowest BCUT2D eigenvalue weighted by molar-refractivity contribution is -0.281. The highest BCUT2D eigenvalue weighted by Gasteiger charge is 2.93. The molecule has 7 aliphatic rings. The molecule has 174 valence electrons. The van der Waals surface area contributed by atoms with Gasteiger partial charge in [0, 0.05) is 50.4 Å². The summed E-state index contributed by atoms with van der Waals surface area (Å²) in [5.74, 6) is 0.388. The van der Waals surface area contributed by atoms with E-state index >= 15 is 0 Å². The molecule has 7 nitrogen and oxygen atoms in total. The van der Waals surface area contributed by atoms with Crippen molar-refractivity contribution in [1.82, 2.24) is 4.90 Å². The van der Waals surface area contributed by atoms with E-state index < -0.39 is 23.4 Å². The Morgan fingerprint density at radius 3 is 2.68 bits per heavy atom. The van der Waals surface area contributed by atoms with E-state index in [1.807, 2.05) is 7.11 Å². The SMILES string of the molecule is CCN1C[C@]2(C)CC[C@H](OC)[C@@]34[C@@H]5C[C@H]6[C@H](O)[C@@H]5[C@@]5(C[C@@H]6OC)OCO[C@]5([C@@H](O)[C@H]23)[C@@H]14. The van der Waals surface area contributed by atoms with E-state index in [9.17, 15) is 10.2 Å². The fraction of sp³-hybridized carbons (Fsp3) is 1.00. The number of hydrogen-bond acceptors (Lipinski definition) is 7. The molecule has 7 rings (SSSR count). The summed E-state index contributed by atoms with van der Waals surface area (Å²) in [5.41, 5.74) is -1.80. The number of piperidine rings is 1. The summed E-state index contributed by atoms with van der Waals surface area (Å²) in [6.45, 7) is 6.68. The van der Waals surface area contributed by atoms with Gasteiger partial charge in [-0.05, 0) is 37.1 Å². The molecule has 0 aromatic rings. The van der Waals surface area contributed by atoms with Crippen molar-refractivity contribution in [2.75, 3.05) is 34.1 Å². The number of aliphatic hydroxyl groups excluding tert-OH is 2. The van der Waals surface area contributed by atoms with Gasteiger partial charge < -0.3 is 29.2 Å². The maximum atomic E-state index is 12.3. The summed E-state index contributed by atoms with van der Waals surface area (Å²) in [7, 11) is 3.59. The molecule has 0 aromatic heterocycles. The van der Waals surface area contributed by atoms with Gasteiger partial charge in [0.05, 0.1) is 30.5 Å². The molecule has 2 heterocycles. The number of fused-ring (bicyclic) bond motifs is 1. The lowest BCUT2D eigenvalue weighted by Crippen LogP contribution is -2.80. The molecule has 2 N–H and O–H groups in total. The van der Waals surface area contributed by atoms with Gasteiger partial charge in [-0.3, -0.25) is 4.90 Å². The van der Waals surface area contributed by atoms with Gasteiger partial charge in [-0.1, -0.05) is 13.8 Å². The number of ether oxygens (including phenoxy) is 4.